The Morgan fingerprint density at radius 3 is 2.50 bits per heavy atom. The van der Waals surface area contributed by atoms with Gasteiger partial charge in [0.15, 0.2) is 0 Å². The van der Waals surface area contributed by atoms with E-state index in [1.165, 1.54) is 0 Å². The highest BCUT2D eigenvalue weighted by Crippen LogP contribution is 2.24. The number of rotatable bonds is 8. The second-order valence-corrected chi connectivity index (χ2v) is 8.52. The molecule has 2 aromatic heterocycles. The average molecular weight is 455 g/mol. The predicted molar refractivity (Wildman–Crippen MR) is 127 cm³/mol. The van der Waals surface area contributed by atoms with Crippen molar-refractivity contribution < 1.29 is 14.0 Å². The van der Waals surface area contributed by atoms with Gasteiger partial charge in [-0.05, 0) is 17.7 Å². The fourth-order valence-corrected chi connectivity index (χ4v) is 4.30. The lowest BCUT2D eigenvalue weighted by Crippen LogP contribution is -2.32. The average Bonchev–Trinajstić information content (AvgIpc) is 3.60. The summed E-state index contributed by atoms with van der Waals surface area (Å²) >= 11 is 0. The first-order valence-corrected chi connectivity index (χ1v) is 11.4. The third-order valence-electron chi connectivity index (χ3n) is 6.04. The van der Waals surface area contributed by atoms with Crippen LogP contribution in [-0.4, -0.2) is 33.0 Å². The van der Waals surface area contributed by atoms with E-state index in [0.717, 1.165) is 22.4 Å². The van der Waals surface area contributed by atoms with Gasteiger partial charge >= 0.3 is 0 Å². The lowest BCUT2D eigenvalue weighted by molar-refractivity contribution is -0.129. The van der Waals surface area contributed by atoms with Gasteiger partial charge in [-0.25, -0.2) is 0 Å². The highest BCUT2D eigenvalue weighted by molar-refractivity contribution is 5.89. The van der Waals surface area contributed by atoms with Crippen LogP contribution in [0.2, 0.25) is 0 Å². The number of amides is 2. The number of aromatic nitrogens is 2. The van der Waals surface area contributed by atoms with Crippen molar-refractivity contribution in [3.63, 3.8) is 0 Å². The monoisotopic (exact) mass is 454 g/mol. The van der Waals surface area contributed by atoms with Crippen LogP contribution in [0.5, 0.6) is 0 Å². The van der Waals surface area contributed by atoms with E-state index >= 15 is 0 Å². The summed E-state index contributed by atoms with van der Waals surface area (Å²) in [6, 6.07) is 23.7. The smallest absolute Gasteiger partial charge is 0.225 e. The third kappa shape index (κ3) is 4.93. The summed E-state index contributed by atoms with van der Waals surface area (Å²) < 4.78 is 7.25. The van der Waals surface area contributed by atoms with E-state index in [9.17, 15) is 9.59 Å². The Labute approximate surface area is 198 Å². The molecule has 3 heterocycles. The molecule has 0 unspecified atom stereocenters. The topological polar surface area (TPSA) is 80.4 Å². The maximum Gasteiger partial charge on any atom is 0.225 e. The maximum absolute atomic E-state index is 12.9. The standard InChI is InChI=1S/C27H26N4O3/c32-25-14-22(17-30(25)19-24-12-7-13-34-24)27(33)28-15-23-18-31(16-20-8-3-1-4-9-20)29-26(23)21-10-5-2-6-11-21/h1-13,18,22H,14-17,19H2,(H,28,33)/t22-/m0/s1. The van der Waals surface area contributed by atoms with Crippen molar-refractivity contribution in [2.24, 2.45) is 5.92 Å². The van der Waals surface area contributed by atoms with E-state index in [0.29, 0.717) is 31.9 Å². The Hall–Kier alpha value is -4.13. The molecule has 7 nitrogen and oxygen atoms in total. The van der Waals surface area contributed by atoms with Crippen LogP contribution in [0.1, 0.15) is 23.3 Å². The first-order chi connectivity index (χ1) is 16.7. The van der Waals surface area contributed by atoms with E-state index in [2.05, 4.69) is 17.4 Å². The Morgan fingerprint density at radius 2 is 1.76 bits per heavy atom. The summed E-state index contributed by atoms with van der Waals surface area (Å²) in [7, 11) is 0. The van der Waals surface area contributed by atoms with Crippen LogP contribution < -0.4 is 5.32 Å². The van der Waals surface area contributed by atoms with Gasteiger partial charge in [0.1, 0.15) is 5.76 Å². The number of furan rings is 1. The van der Waals surface area contributed by atoms with Gasteiger partial charge in [0.05, 0.1) is 31.0 Å². The lowest BCUT2D eigenvalue weighted by atomic mass is 10.1. The van der Waals surface area contributed by atoms with Crippen molar-refractivity contribution in [3.8, 4) is 11.3 Å². The summed E-state index contributed by atoms with van der Waals surface area (Å²) in [5.74, 6) is 0.192. The second kappa shape index (κ2) is 9.79. The molecule has 1 saturated heterocycles. The molecule has 2 amide bonds. The number of hydrogen-bond acceptors (Lipinski definition) is 4. The van der Waals surface area contributed by atoms with Gasteiger partial charge in [0.2, 0.25) is 11.8 Å². The molecule has 5 rings (SSSR count). The van der Waals surface area contributed by atoms with Gasteiger partial charge in [-0.1, -0.05) is 60.7 Å². The lowest BCUT2D eigenvalue weighted by Gasteiger charge is -2.15. The number of benzene rings is 2. The van der Waals surface area contributed by atoms with E-state index in [-0.39, 0.29) is 24.2 Å². The molecule has 0 aliphatic carbocycles. The molecule has 0 bridgehead atoms. The molecule has 0 radical (unpaired) electrons. The Morgan fingerprint density at radius 1 is 1.00 bits per heavy atom. The van der Waals surface area contributed by atoms with Crippen molar-refractivity contribution in [1.29, 1.82) is 0 Å². The van der Waals surface area contributed by atoms with Gasteiger partial charge in [0, 0.05) is 36.8 Å². The molecule has 0 saturated carbocycles. The van der Waals surface area contributed by atoms with Gasteiger partial charge < -0.3 is 14.6 Å². The molecular formula is C27H26N4O3. The molecule has 7 heteroatoms. The predicted octanol–water partition coefficient (Wildman–Crippen LogP) is 3.86. The van der Waals surface area contributed by atoms with Gasteiger partial charge in [0.25, 0.3) is 0 Å². The van der Waals surface area contributed by atoms with Crippen LogP contribution in [0.4, 0.5) is 0 Å². The Kier molecular flexibility index (Phi) is 6.25. The molecular weight excluding hydrogens is 428 g/mol. The molecule has 1 atom stereocenters. The molecule has 1 aliphatic heterocycles. The zero-order chi connectivity index (χ0) is 23.3. The SMILES string of the molecule is O=C(NCc1cn(Cc2ccccc2)nc1-c1ccccc1)[C@H]1CC(=O)N(Cc2ccco2)C1. The van der Waals surface area contributed by atoms with Crippen LogP contribution in [0, 0.1) is 5.92 Å². The molecule has 2 aromatic carbocycles. The number of nitrogens with zero attached hydrogens (tertiary/aromatic N) is 3. The van der Waals surface area contributed by atoms with Crippen molar-refractivity contribution >= 4 is 11.8 Å². The molecule has 34 heavy (non-hydrogen) atoms. The molecule has 4 aromatic rings. The molecule has 172 valence electrons. The fourth-order valence-electron chi connectivity index (χ4n) is 4.30. The van der Waals surface area contributed by atoms with Crippen LogP contribution in [-0.2, 0) is 29.2 Å². The minimum atomic E-state index is -0.373. The summed E-state index contributed by atoms with van der Waals surface area (Å²) in [6.45, 7) is 1.78. The first-order valence-electron chi connectivity index (χ1n) is 11.4. The van der Waals surface area contributed by atoms with Crippen LogP contribution in [0.3, 0.4) is 0 Å². The first kappa shape index (κ1) is 21.7. The van der Waals surface area contributed by atoms with E-state index in [4.69, 9.17) is 9.52 Å². The number of carbonyl (C=O) groups is 2. The van der Waals surface area contributed by atoms with Gasteiger partial charge in [-0.15, -0.1) is 0 Å². The zero-order valence-corrected chi connectivity index (χ0v) is 18.8. The zero-order valence-electron chi connectivity index (χ0n) is 18.8. The third-order valence-corrected chi connectivity index (χ3v) is 6.04. The maximum atomic E-state index is 12.9. The number of hydrogen-bond donors (Lipinski definition) is 1. The minimum absolute atomic E-state index is 0.0304. The van der Waals surface area contributed by atoms with Gasteiger partial charge in [-0.2, -0.15) is 5.10 Å². The second-order valence-electron chi connectivity index (χ2n) is 8.52. The summed E-state index contributed by atoms with van der Waals surface area (Å²) in [5.41, 5.74) is 3.94. The number of likely N-dealkylation sites (tertiary alicyclic amines) is 1. The Balaban J connectivity index is 1.27. The molecule has 1 aliphatic rings. The van der Waals surface area contributed by atoms with E-state index in [1.54, 1.807) is 17.2 Å². The number of carbonyl (C=O) groups excluding carboxylic acids is 2. The fraction of sp³-hybridized carbons (Fsp3) is 0.222. The molecule has 1 N–H and O–H groups in total. The summed E-state index contributed by atoms with van der Waals surface area (Å²) in [4.78, 5) is 27.0. The van der Waals surface area contributed by atoms with E-state index in [1.807, 2.05) is 65.5 Å². The molecule has 0 spiro atoms. The quantitative estimate of drug-likeness (QED) is 0.439. The van der Waals surface area contributed by atoms with E-state index < -0.39 is 0 Å². The van der Waals surface area contributed by atoms with Crippen molar-refractivity contribution in [2.45, 2.75) is 26.1 Å². The van der Waals surface area contributed by atoms with Crippen molar-refractivity contribution in [1.82, 2.24) is 20.0 Å². The summed E-state index contributed by atoms with van der Waals surface area (Å²) in [5, 5.41) is 7.84. The van der Waals surface area contributed by atoms with Crippen molar-refractivity contribution in [2.75, 3.05) is 6.54 Å². The molecule has 1 fully saturated rings. The van der Waals surface area contributed by atoms with Crippen molar-refractivity contribution in [3.05, 3.63) is 102 Å². The number of nitrogens with one attached hydrogen (secondary N) is 1. The van der Waals surface area contributed by atoms with Crippen LogP contribution >= 0.6 is 0 Å². The van der Waals surface area contributed by atoms with Crippen LogP contribution in [0.15, 0.2) is 89.7 Å². The summed E-state index contributed by atoms with van der Waals surface area (Å²) in [6.07, 6.45) is 3.78. The Bertz CT molecular complexity index is 1250. The minimum Gasteiger partial charge on any atom is -0.467 e. The van der Waals surface area contributed by atoms with Crippen LogP contribution in [0.25, 0.3) is 11.3 Å². The highest BCUT2D eigenvalue weighted by Gasteiger charge is 2.34. The normalized spacial score (nSPS) is 15.6. The largest absolute Gasteiger partial charge is 0.467 e. The van der Waals surface area contributed by atoms with Gasteiger partial charge in [-0.3, -0.25) is 14.3 Å². The highest BCUT2D eigenvalue weighted by atomic mass is 16.3.